The zero-order valence-corrected chi connectivity index (χ0v) is 13.6. The molecule has 2 aliphatic rings. The summed E-state index contributed by atoms with van der Waals surface area (Å²) >= 11 is 0. The Morgan fingerprint density at radius 1 is 1.10 bits per heavy atom. The Labute approximate surface area is 128 Å². The van der Waals surface area contributed by atoms with E-state index in [1.165, 1.54) is 38.8 Å². The summed E-state index contributed by atoms with van der Waals surface area (Å²) in [6, 6.07) is 0. The highest BCUT2D eigenvalue weighted by atomic mass is 15.2. The molecule has 0 aliphatic heterocycles. The van der Waals surface area contributed by atoms with Crippen LogP contribution in [0.25, 0.3) is 0 Å². The van der Waals surface area contributed by atoms with Gasteiger partial charge in [-0.15, -0.1) is 0 Å². The van der Waals surface area contributed by atoms with Crippen molar-refractivity contribution in [2.45, 2.75) is 58.5 Å². The Kier molecular flexibility index (Phi) is 4.16. The smallest absolute Gasteiger partial charge is 0.147 e. The highest BCUT2D eigenvalue weighted by Gasteiger charge is 2.30. The third-order valence-electron chi connectivity index (χ3n) is 4.15. The maximum atomic E-state index is 4.84. The number of anilines is 1. The van der Waals surface area contributed by atoms with Crippen LogP contribution in [-0.4, -0.2) is 28.6 Å². The van der Waals surface area contributed by atoms with Gasteiger partial charge in [0, 0.05) is 31.4 Å². The number of nitrogens with one attached hydrogen (secondary N) is 1. The molecular weight excluding hydrogens is 260 g/mol. The third kappa shape index (κ3) is 4.95. The third-order valence-corrected chi connectivity index (χ3v) is 4.15. The van der Waals surface area contributed by atoms with Crippen LogP contribution in [0, 0.1) is 11.8 Å². The second-order valence-corrected chi connectivity index (χ2v) is 7.76. The summed E-state index contributed by atoms with van der Waals surface area (Å²) in [5.74, 6) is 2.85. The molecule has 116 valence electrons. The van der Waals surface area contributed by atoms with Crippen LogP contribution in [-0.2, 0) is 6.54 Å². The maximum absolute atomic E-state index is 4.84. The minimum atomic E-state index is 0.111. The van der Waals surface area contributed by atoms with Crippen molar-refractivity contribution in [2.24, 2.45) is 11.8 Å². The second kappa shape index (κ2) is 5.91. The Morgan fingerprint density at radius 3 is 2.24 bits per heavy atom. The largest absolute Gasteiger partial charge is 0.355 e. The van der Waals surface area contributed by atoms with Crippen LogP contribution in [0.1, 0.15) is 52.1 Å². The van der Waals surface area contributed by atoms with E-state index in [-0.39, 0.29) is 5.54 Å². The number of aromatic nitrogens is 2. The van der Waals surface area contributed by atoms with Gasteiger partial charge in [-0.2, -0.15) is 0 Å². The van der Waals surface area contributed by atoms with E-state index in [0.29, 0.717) is 0 Å². The minimum Gasteiger partial charge on any atom is -0.355 e. The zero-order valence-electron chi connectivity index (χ0n) is 13.6. The average molecular weight is 288 g/mol. The Bertz CT molecular complexity index is 458. The predicted octanol–water partition coefficient (Wildman–Crippen LogP) is 2.99. The van der Waals surface area contributed by atoms with Gasteiger partial charge in [-0.1, -0.05) is 0 Å². The van der Waals surface area contributed by atoms with Crippen molar-refractivity contribution >= 4 is 5.82 Å². The van der Waals surface area contributed by atoms with Crippen molar-refractivity contribution in [1.29, 1.82) is 0 Å². The van der Waals surface area contributed by atoms with Gasteiger partial charge in [0.1, 0.15) is 5.82 Å². The number of rotatable bonds is 7. The van der Waals surface area contributed by atoms with Crippen molar-refractivity contribution < 1.29 is 0 Å². The van der Waals surface area contributed by atoms with Gasteiger partial charge in [0.25, 0.3) is 0 Å². The first-order chi connectivity index (χ1) is 9.99. The quantitative estimate of drug-likeness (QED) is 0.837. The highest BCUT2D eigenvalue weighted by Crippen LogP contribution is 2.35. The van der Waals surface area contributed by atoms with Crippen LogP contribution in [0.2, 0.25) is 0 Å². The molecule has 2 aliphatic carbocycles. The first kappa shape index (κ1) is 14.8. The molecule has 0 amide bonds. The lowest BCUT2D eigenvalue weighted by Crippen LogP contribution is -2.35. The molecule has 1 N–H and O–H groups in total. The maximum Gasteiger partial charge on any atom is 0.147 e. The lowest BCUT2D eigenvalue weighted by atomic mass is 10.1. The van der Waals surface area contributed by atoms with Crippen molar-refractivity contribution in [3.63, 3.8) is 0 Å². The van der Waals surface area contributed by atoms with Gasteiger partial charge in [0.15, 0.2) is 0 Å². The van der Waals surface area contributed by atoms with Gasteiger partial charge in [-0.05, 0) is 58.3 Å². The lowest BCUT2D eigenvalue weighted by molar-refractivity contribution is 0.421. The molecule has 2 fully saturated rings. The molecule has 0 spiro atoms. The van der Waals surface area contributed by atoms with Crippen LogP contribution >= 0.6 is 0 Å². The molecule has 0 radical (unpaired) electrons. The molecule has 21 heavy (non-hydrogen) atoms. The summed E-state index contributed by atoms with van der Waals surface area (Å²) < 4.78 is 0. The van der Waals surface area contributed by atoms with Gasteiger partial charge in [-0.3, -0.25) is 4.98 Å². The molecule has 3 rings (SSSR count). The van der Waals surface area contributed by atoms with Crippen molar-refractivity contribution in [3.05, 3.63) is 18.1 Å². The van der Waals surface area contributed by atoms with Gasteiger partial charge in [0.2, 0.25) is 0 Å². The monoisotopic (exact) mass is 288 g/mol. The summed E-state index contributed by atoms with van der Waals surface area (Å²) in [5.41, 5.74) is 1.15. The highest BCUT2D eigenvalue weighted by molar-refractivity contribution is 5.37. The molecule has 4 heteroatoms. The SMILES string of the molecule is CC(C)(C)NCc1cncc(N(CC2CC2)CC2CC2)n1. The van der Waals surface area contributed by atoms with Gasteiger partial charge in [-0.25, -0.2) is 4.98 Å². The fourth-order valence-corrected chi connectivity index (χ4v) is 2.47. The molecular formula is C17H28N4. The summed E-state index contributed by atoms with van der Waals surface area (Å²) in [7, 11) is 0. The van der Waals surface area contributed by atoms with Crippen molar-refractivity contribution in [2.75, 3.05) is 18.0 Å². The molecule has 4 nitrogen and oxygen atoms in total. The van der Waals surface area contributed by atoms with Crippen LogP contribution in [0.5, 0.6) is 0 Å². The van der Waals surface area contributed by atoms with Gasteiger partial charge >= 0.3 is 0 Å². The Morgan fingerprint density at radius 2 is 1.71 bits per heavy atom. The van der Waals surface area contributed by atoms with Gasteiger partial charge in [0.05, 0.1) is 11.9 Å². The molecule has 0 bridgehead atoms. The first-order valence-electron chi connectivity index (χ1n) is 8.30. The van der Waals surface area contributed by atoms with Crippen molar-refractivity contribution in [1.82, 2.24) is 15.3 Å². The number of hydrogen-bond donors (Lipinski definition) is 1. The van der Waals surface area contributed by atoms with E-state index < -0.39 is 0 Å². The van der Waals surface area contributed by atoms with Crippen LogP contribution in [0.4, 0.5) is 5.82 Å². The topological polar surface area (TPSA) is 41.1 Å². The molecule has 0 aromatic carbocycles. The summed E-state index contributed by atoms with van der Waals surface area (Å²) in [6.07, 6.45) is 9.37. The fourth-order valence-electron chi connectivity index (χ4n) is 2.47. The normalized spacial score (nSPS) is 18.8. The van der Waals surface area contributed by atoms with Crippen LogP contribution < -0.4 is 10.2 Å². The molecule has 1 heterocycles. The van der Waals surface area contributed by atoms with Gasteiger partial charge < -0.3 is 10.2 Å². The molecule has 0 unspecified atom stereocenters. The summed E-state index contributed by atoms with van der Waals surface area (Å²) in [5, 5.41) is 3.49. The predicted molar refractivity (Wildman–Crippen MR) is 86.3 cm³/mol. The summed E-state index contributed by atoms with van der Waals surface area (Å²) in [4.78, 5) is 11.7. The van der Waals surface area contributed by atoms with Crippen LogP contribution in [0.3, 0.4) is 0 Å². The molecule has 0 saturated heterocycles. The summed E-state index contributed by atoms with van der Waals surface area (Å²) in [6.45, 7) is 9.65. The van der Waals surface area contributed by atoms with E-state index in [4.69, 9.17) is 4.98 Å². The van der Waals surface area contributed by atoms with E-state index in [2.05, 4.69) is 36.0 Å². The van der Waals surface area contributed by atoms with Crippen LogP contribution in [0.15, 0.2) is 12.4 Å². The molecule has 0 atom stereocenters. The Hall–Kier alpha value is -1.16. The number of nitrogens with zero attached hydrogens (tertiary/aromatic N) is 3. The molecule has 1 aromatic heterocycles. The van der Waals surface area contributed by atoms with E-state index in [1.54, 1.807) is 0 Å². The zero-order chi connectivity index (χ0) is 14.9. The van der Waals surface area contributed by atoms with E-state index >= 15 is 0 Å². The number of hydrogen-bond acceptors (Lipinski definition) is 4. The molecule has 1 aromatic rings. The lowest BCUT2D eigenvalue weighted by Gasteiger charge is -2.24. The van der Waals surface area contributed by atoms with E-state index in [9.17, 15) is 0 Å². The Balaban J connectivity index is 1.66. The molecule has 2 saturated carbocycles. The first-order valence-corrected chi connectivity index (χ1v) is 8.30. The second-order valence-electron chi connectivity index (χ2n) is 7.76. The average Bonchev–Trinajstić information content (AvgIpc) is 3.30. The van der Waals surface area contributed by atoms with E-state index in [1.807, 2.05) is 12.4 Å². The fraction of sp³-hybridized carbons (Fsp3) is 0.765. The van der Waals surface area contributed by atoms with E-state index in [0.717, 1.165) is 29.9 Å². The van der Waals surface area contributed by atoms with Crippen molar-refractivity contribution in [3.8, 4) is 0 Å². The standard InChI is InChI=1S/C17H28N4/c1-17(2,3)19-9-15-8-18-10-16(20-15)21(11-13-4-5-13)12-14-6-7-14/h8,10,13-14,19H,4-7,9,11-12H2,1-3H3. The minimum absolute atomic E-state index is 0.111.